The van der Waals surface area contributed by atoms with Crippen LogP contribution in [0.15, 0.2) is 18.2 Å². The third-order valence-corrected chi connectivity index (χ3v) is 1.87. The summed E-state index contributed by atoms with van der Waals surface area (Å²) in [5.74, 6) is 0.206. The Labute approximate surface area is 76.6 Å². The fourth-order valence-electron chi connectivity index (χ4n) is 1.13. The molecular weight excluding hydrogens is 171 g/mol. The van der Waals surface area contributed by atoms with E-state index in [0.717, 1.165) is 0 Å². The van der Waals surface area contributed by atoms with Crippen LogP contribution in [-0.4, -0.2) is 16.4 Å². The van der Waals surface area contributed by atoms with Crippen molar-refractivity contribution >= 4 is 0 Å². The van der Waals surface area contributed by atoms with E-state index in [1.54, 1.807) is 0 Å². The molecule has 2 nitrogen and oxygen atoms in total. The van der Waals surface area contributed by atoms with Crippen molar-refractivity contribution in [3.63, 3.8) is 0 Å². The van der Waals surface area contributed by atoms with Crippen molar-refractivity contribution in [1.29, 1.82) is 0 Å². The zero-order chi connectivity index (χ0) is 9.84. The first-order valence-corrected chi connectivity index (χ1v) is 4.24. The predicted molar refractivity (Wildman–Crippen MR) is 48.7 cm³/mol. The number of aromatic hydroxyl groups is 2. The Kier molecular flexibility index (Phi) is 3.12. The highest BCUT2D eigenvalue weighted by Crippen LogP contribution is 2.23. The van der Waals surface area contributed by atoms with Gasteiger partial charge in [-0.1, -0.05) is 0 Å². The lowest BCUT2D eigenvalue weighted by atomic mass is 10.1. The number of alkyl halides is 1. The van der Waals surface area contributed by atoms with Gasteiger partial charge in [-0.3, -0.25) is 0 Å². The molecule has 2 N–H and O–H groups in total. The van der Waals surface area contributed by atoms with Crippen molar-refractivity contribution in [3.05, 3.63) is 23.8 Å². The van der Waals surface area contributed by atoms with Crippen molar-refractivity contribution in [1.82, 2.24) is 0 Å². The molecule has 1 rings (SSSR count). The topological polar surface area (TPSA) is 40.5 Å². The highest BCUT2D eigenvalue weighted by Gasteiger charge is 2.04. The van der Waals surface area contributed by atoms with Gasteiger partial charge in [-0.2, -0.15) is 0 Å². The van der Waals surface area contributed by atoms with Gasteiger partial charge in [0.05, 0.1) is 6.17 Å². The van der Waals surface area contributed by atoms with Crippen molar-refractivity contribution in [2.45, 2.75) is 25.9 Å². The molecule has 0 aromatic heterocycles. The Morgan fingerprint density at radius 1 is 1.38 bits per heavy atom. The van der Waals surface area contributed by atoms with Gasteiger partial charge in [0.15, 0.2) is 0 Å². The van der Waals surface area contributed by atoms with Crippen LogP contribution >= 0.6 is 0 Å². The first kappa shape index (κ1) is 9.84. The molecule has 0 spiro atoms. The molecule has 13 heavy (non-hydrogen) atoms. The van der Waals surface area contributed by atoms with Gasteiger partial charge in [-0.05, 0) is 43.5 Å². The number of aryl methyl sites for hydroxylation is 1. The maximum Gasteiger partial charge on any atom is 0.119 e. The molecule has 72 valence electrons. The van der Waals surface area contributed by atoms with Gasteiger partial charge in [0.2, 0.25) is 0 Å². The van der Waals surface area contributed by atoms with Crippen LogP contribution in [0.25, 0.3) is 0 Å². The molecule has 0 fully saturated rings. The van der Waals surface area contributed by atoms with Crippen LogP contribution in [0, 0.1) is 0 Å². The summed E-state index contributed by atoms with van der Waals surface area (Å²) in [5, 5.41) is 18.4. The number of phenolic OH excluding ortho intramolecular Hbond substituents is 2. The van der Waals surface area contributed by atoms with Crippen LogP contribution in [0.2, 0.25) is 0 Å². The van der Waals surface area contributed by atoms with E-state index in [9.17, 15) is 9.50 Å². The molecule has 0 saturated carbocycles. The zero-order valence-corrected chi connectivity index (χ0v) is 7.50. The van der Waals surface area contributed by atoms with E-state index in [4.69, 9.17) is 5.11 Å². The van der Waals surface area contributed by atoms with Gasteiger partial charge < -0.3 is 10.2 Å². The Hall–Kier alpha value is -1.25. The molecule has 0 bridgehead atoms. The van der Waals surface area contributed by atoms with Crippen molar-refractivity contribution < 1.29 is 14.6 Å². The predicted octanol–water partition coefficient (Wildman–Crippen LogP) is 2.39. The normalized spacial score (nSPS) is 12.8. The standard InChI is InChI=1S/C10H13FO2/c1-7(11)2-3-8-6-9(12)4-5-10(8)13/h4-7,12-13H,2-3H2,1H3. The summed E-state index contributed by atoms with van der Waals surface area (Å²) in [4.78, 5) is 0. The molecule has 1 aromatic rings. The smallest absolute Gasteiger partial charge is 0.119 e. The second-order valence-corrected chi connectivity index (χ2v) is 3.13. The van der Waals surface area contributed by atoms with Crippen molar-refractivity contribution in [3.8, 4) is 11.5 Å². The second-order valence-electron chi connectivity index (χ2n) is 3.13. The molecule has 0 aliphatic heterocycles. The molecule has 1 atom stereocenters. The zero-order valence-electron chi connectivity index (χ0n) is 7.50. The molecule has 0 amide bonds. The lowest BCUT2D eigenvalue weighted by Gasteiger charge is -2.05. The van der Waals surface area contributed by atoms with Crippen LogP contribution in [-0.2, 0) is 6.42 Å². The monoisotopic (exact) mass is 184 g/mol. The third-order valence-electron chi connectivity index (χ3n) is 1.87. The van der Waals surface area contributed by atoms with Crippen molar-refractivity contribution in [2.24, 2.45) is 0 Å². The Balaban J connectivity index is 2.70. The van der Waals surface area contributed by atoms with E-state index in [2.05, 4.69) is 0 Å². The van der Waals surface area contributed by atoms with Crippen LogP contribution < -0.4 is 0 Å². The molecule has 3 heteroatoms. The first-order valence-electron chi connectivity index (χ1n) is 4.24. The summed E-state index contributed by atoms with van der Waals surface area (Å²) in [6, 6.07) is 4.27. The molecule has 1 unspecified atom stereocenters. The average Bonchev–Trinajstić information content (AvgIpc) is 2.06. The van der Waals surface area contributed by atoms with Crippen molar-refractivity contribution in [2.75, 3.05) is 0 Å². The lowest BCUT2D eigenvalue weighted by Crippen LogP contribution is -1.95. The molecule has 0 aliphatic rings. The van der Waals surface area contributed by atoms with Crippen LogP contribution in [0.4, 0.5) is 4.39 Å². The summed E-state index contributed by atoms with van der Waals surface area (Å²) in [6.07, 6.45) is -0.0868. The molecule has 0 saturated heterocycles. The van der Waals surface area contributed by atoms with E-state index in [-0.39, 0.29) is 11.5 Å². The average molecular weight is 184 g/mol. The molecule has 0 heterocycles. The number of halogens is 1. The molecule has 0 radical (unpaired) electrons. The summed E-state index contributed by atoms with van der Waals surface area (Å²) < 4.78 is 12.5. The summed E-state index contributed by atoms with van der Waals surface area (Å²) in [5.41, 5.74) is 0.588. The largest absolute Gasteiger partial charge is 0.508 e. The SMILES string of the molecule is CC(F)CCc1cc(O)ccc1O. The van der Waals surface area contributed by atoms with E-state index in [1.807, 2.05) is 0 Å². The highest BCUT2D eigenvalue weighted by atomic mass is 19.1. The fourth-order valence-corrected chi connectivity index (χ4v) is 1.13. The van der Waals surface area contributed by atoms with E-state index >= 15 is 0 Å². The van der Waals surface area contributed by atoms with Crippen LogP contribution in [0.1, 0.15) is 18.9 Å². The quantitative estimate of drug-likeness (QED) is 0.708. The summed E-state index contributed by atoms with van der Waals surface area (Å²) >= 11 is 0. The number of benzene rings is 1. The minimum atomic E-state index is -0.887. The Bertz CT molecular complexity index is 284. The fraction of sp³-hybridized carbons (Fsp3) is 0.400. The number of hydrogen-bond donors (Lipinski definition) is 2. The highest BCUT2D eigenvalue weighted by molar-refractivity contribution is 5.38. The maximum atomic E-state index is 12.5. The lowest BCUT2D eigenvalue weighted by molar-refractivity contribution is 0.339. The van der Waals surface area contributed by atoms with Gasteiger partial charge in [-0.25, -0.2) is 4.39 Å². The first-order chi connectivity index (χ1) is 6.09. The molecule has 0 aliphatic carbocycles. The van der Waals surface area contributed by atoms with Crippen LogP contribution in [0.3, 0.4) is 0 Å². The van der Waals surface area contributed by atoms with E-state index < -0.39 is 6.17 Å². The number of rotatable bonds is 3. The molecular formula is C10H13FO2. The summed E-state index contributed by atoms with van der Waals surface area (Å²) in [6.45, 7) is 1.47. The number of phenols is 2. The van der Waals surface area contributed by atoms with E-state index in [1.165, 1.54) is 25.1 Å². The van der Waals surface area contributed by atoms with Gasteiger partial charge in [0, 0.05) is 0 Å². The van der Waals surface area contributed by atoms with Gasteiger partial charge in [0.1, 0.15) is 11.5 Å². The summed E-state index contributed by atoms with van der Waals surface area (Å²) in [7, 11) is 0. The minimum absolute atomic E-state index is 0.0966. The minimum Gasteiger partial charge on any atom is -0.508 e. The molecule has 1 aromatic carbocycles. The van der Waals surface area contributed by atoms with Gasteiger partial charge in [0.25, 0.3) is 0 Å². The van der Waals surface area contributed by atoms with E-state index in [0.29, 0.717) is 18.4 Å². The maximum absolute atomic E-state index is 12.5. The second kappa shape index (κ2) is 4.12. The number of hydrogen-bond acceptors (Lipinski definition) is 2. The van der Waals surface area contributed by atoms with Gasteiger partial charge >= 0.3 is 0 Å². The Morgan fingerprint density at radius 2 is 2.08 bits per heavy atom. The third kappa shape index (κ3) is 2.93. The van der Waals surface area contributed by atoms with Gasteiger partial charge in [-0.15, -0.1) is 0 Å². The van der Waals surface area contributed by atoms with Crippen LogP contribution in [0.5, 0.6) is 11.5 Å². The Morgan fingerprint density at radius 3 is 2.69 bits per heavy atom.